The summed E-state index contributed by atoms with van der Waals surface area (Å²) in [5.41, 5.74) is 0.784. The minimum absolute atomic E-state index is 0.00828. The van der Waals surface area contributed by atoms with Gasteiger partial charge in [0.25, 0.3) is 11.8 Å². The first kappa shape index (κ1) is 22.1. The fraction of sp³-hybridized carbons (Fsp3) is 0.304. The van der Waals surface area contributed by atoms with Gasteiger partial charge in [0, 0.05) is 24.1 Å². The normalized spacial score (nSPS) is 24.2. The first-order chi connectivity index (χ1) is 16.1. The number of nitrogens with zero attached hydrogens (tertiary/aromatic N) is 2. The van der Waals surface area contributed by atoms with Crippen LogP contribution in [0, 0.1) is 5.82 Å². The number of imide groups is 1. The molecule has 3 aliphatic rings. The third kappa shape index (κ3) is 3.61. The highest BCUT2D eigenvalue weighted by Gasteiger charge is 2.65. The number of carbonyl (C=O) groups excluding carboxylic acids is 4. The van der Waals surface area contributed by atoms with E-state index in [4.69, 9.17) is 0 Å². The second kappa shape index (κ2) is 7.64. The number of halogens is 4. The molecule has 0 aromatic heterocycles. The van der Waals surface area contributed by atoms with E-state index in [0.29, 0.717) is 10.5 Å². The van der Waals surface area contributed by atoms with E-state index >= 15 is 0 Å². The molecule has 0 bridgehead atoms. The number of fused-ring (bicyclic) bond motifs is 1. The SMILES string of the molecule is O=C1CCC(N2Cc3cc(C(=O)N4C(C(F)(F)F)[C@@H]4c4ccc(F)cc4)ccc3C2=O)C(=O)N1. The van der Waals surface area contributed by atoms with E-state index in [1.807, 2.05) is 0 Å². The van der Waals surface area contributed by atoms with Crippen LogP contribution < -0.4 is 5.32 Å². The summed E-state index contributed by atoms with van der Waals surface area (Å²) in [5.74, 6) is -2.94. The monoisotopic (exact) mass is 475 g/mol. The maximum atomic E-state index is 13.6. The number of hydrogen-bond donors (Lipinski definition) is 1. The summed E-state index contributed by atoms with van der Waals surface area (Å²) in [6.45, 7) is -0.00828. The van der Waals surface area contributed by atoms with Crippen molar-refractivity contribution < 1.29 is 36.7 Å². The first-order valence-electron chi connectivity index (χ1n) is 10.5. The Kier molecular flexibility index (Phi) is 4.96. The molecule has 7 nitrogen and oxygen atoms in total. The van der Waals surface area contributed by atoms with Gasteiger partial charge in [0.05, 0.1) is 6.04 Å². The molecule has 0 radical (unpaired) electrons. The van der Waals surface area contributed by atoms with Crippen LogP contribution in [0.1, 0.15) is 50.7 Å². The Morgan fingerprint density at radius 1 is 1.03 bits per heavy atom. The summed E-state index contributed by atoms with van der Waals surface area (Å²) in [4.78, 5) is 51.3. The molecule has 3 heterocycles. The van der Waals surface area contributed by atoms with Gasteiger partial charge in [-0.25, -0.2) is 4.39 Å². The quantitative estimate of drug-likeness (QED) is 0.420. The highest BCUT2D eigenvalue weighted by Crippen LogP contribution is 2.52. The summed E-state index contributed by atoms with van der Waals surface area (Å²) in [6.07, 6.45) is -4.43. The lowest BCUT2D eigenvalue weighted by Crippen LogP contribution is -2.52. The summed E-state index contributed by atoms with van der Waals surface area (Å²) >= 11 is 0. The number of nitrogens with one attached hydrogen (secondary N) is 1. The van der Waals surface area contributed by atoms with Crippen molar-refractivity contribution in [3.63, 3.8) is 0 Å². The van der Waals surface area contributed by atoms with Crippen LogP contribution in [0.25, 0.3) is 0 Å². The Morgan fingerprint density at radius 3 is 2.38 bits per heavy atom. The van der Waals surface area contributed by atoms with Gasteiger partial charge in [-0.3, -0.25) is 24.5 Å². The zero-order chi connectivity index (χ0) is 24.4. The van der Waals surface area contributed by atoms with Crippen LogP contribution in [0.2, 0.25) is 0 Å². The number of piperidine rings is 1. The van der Waals surface area contributed by atoms with Gasteiger partial charge in [-0.2, -0.15) is 13.2 Å². The van der Waals surface area contributed by atoms with Crippen molar-refractivity contribution in [2.75, 3.05) is 0 Å². The average Bonchev–Trinajstić information content (AvgIpc) is 3.46. The highest BCUT2D eigenvalue weighted by atomic mass is 19.4. The third-order valence-corrected chi connectivity index (χ3v) is 6.36. The summed E-state index contributed by atoms with van der Waals surface area (Å²) in [6, 6.07) is 4.33. The lowest BCUT2D eigenvalue weighted by molar-refractivity contribution is -0.137. The number of carbonyl (C=O) groups is 4. The Morgan fingerprint density at radius 2 is 1.74 bits per heavy atom. The third-order valence-electron chi connectivity index (χ3n) is 6.36. The molecule has 2 aromatic carbocycles. The number of rotatable bonds is 3. The molecule has 0 spiro atoms. The van der Waals surface area contributed by atoms with Gasteiger partial charge in [0.1, 0.15) is 11.9 Å². The minimum atomic E-state index is -4.68. The molecule has 0 aliphatic carbocycles. The van der Waals surface area contributed by atoms with Crippen LogP contribution in [0.3, 0.4) is 0 Å². The van der Waals surface area contributed by atoms with Crippen molar-refractivity contribution in [3.8, 4) is 0 Å². The molecule has 2 aromatic rings. The van der Waals surface area contributed by atoms with Crippen molar-refractivity contribution in [1.82, 2.24) is 15.1 Å². The molecule has 5 rings (SSSR count). The second-order valence-corrected chi connectivity index (χ2v) is 8.47. The molecular formula is C23H17F4N3O4. The largest absolute Gasteiger partial charge is 0.411 e. The highest BCUT2D eigenvalue weighted by molar-refractivity contribution is 6.06. The first-order valence-corrected chi connectivity index (χ1v) is 10.5. The predicted molar refractivity (Wildman–Crippen MR) is 108 cm³/mol. The Balaban J connectivity index is 1.39. The van der Waals surface area contributed by atoms with E-state index in [2.05, 4.69) is 5.32 Å². The van der Waals surface area contributed by atoms with Gasteiger partial charge in [0.15, 0.2) is 6.04 Å². The van der Waals surface area contributed by atoms with E-state index in [-0.39, 0.29) is 36.1 Å². The molecule has 2 fully saturated rings. The van der Waals surface area contributed by atoms with Gasteiger partial charge < -0.3 is 9.80 Å². The number of hydrogen-bond acceptors (Lipinski definition) is 4. The fourth-order valence-electron chi connectivity index (χ4n) is 4.68. The molecule has 34 heavy (non-hydrogen) atoms. The van der Waals surface area contributed by atoms with Crippen molar-refractivity contribution >= 4 is 23.6 Å². The van der Waals surface area contributed by atoms with E-state index in [0.717, 1.165) is 12.1 Å². The zero-order valence-electron chi connectivity index (χ0n) is 17.4. The zero-order valence-corrected chi connectivity index (χ0v) is 17.4. The van der Waals surface area contributed by atoms with Gasteiger partial charge in [-0.05, 0) is 47.9 Å². The van der Waals surface area contributed by atoms with Gasteiger partial charge in [-0.1, -0.05) is 12.1 Å². The molecule has 3 aliphatic heterocycles. The summed E-state index contributed by atoms with van der Waals surface area (Å²) in [7, 11) is 0. The van der Waals surface area contributed by atoms with E-state index in [9.17, 15) is 36.7 Å². The van der Waals surface area contributed by atoms with Gasteiger partial charge in [0.2, 0.25) is 11.8 Å². The average molecular weight is 475 g/mol. The van der Waals surface area contributed by atoms with Crippen LogP contribution in [0.5, 0.6) is 0 Å². The molecule has 2 saturated heterocycles. The Hall–Kier alpha value is -3.76. The number of benzene rings is 2. The molecule has 2 unspecified atom stereocenters. The van der Waals surface area contributed by atoms with Crippen molar-refractivity contribution in [2.24, 2.45) is 0 Å². The van der Waals surface area contributed by atoms with Gasteiger partial charge >= 0.3 is 6.18 Å². The Bertz CT molecular complexity index is 1230. The molecule has 3 atom stereocenters. The lowest BCUT2D eigenvalue weighted by Gasteiger charge is -2.29. The minimum Gasteiger partial charge on any atom is -0.322 e. The topological polar surface area (TPSA) is 86.6 Å². The van der Waals surface area contributed by atoms with Crippen LogP contribution in [-0.4, -0.2) is 51.7 Å². The molecule has 176 valence electrons. The molecule has 11 heteroatoms. The van der Waals surface area contributed by atoms with Crippen molar-refractivity contribution in [3.05, 3.63) is 70.5 Å². The lowest BCUT2D eigenvalue weighted by atomic mass is 10.0. The van der Waals surface area contributed by atoms with Crippen molar-refractivity contribution in [2.45, 2.75) is 43.7 Å². The van der Waals surface area contributed by atoms with Crippen LogP contribution in [0.15, 0.2) is 42.5 Å². The second-order valence-electron chi connectivity index (χ2n) is 8.47. The summed E-state index contributed by atoms with van der Waals surface area (Å²) < 4.78 is 54.0. The van der Waals surface area contributed by atoms with Crippen LogP contribution >= 0.6 is 0 Å². The van der Waals surface area contributed by atoms with Crippen molar-refractivity contribution in [1.29, 1.82) is 0 Å². The number of alkyl halides is 3. The molecular weight excluding hydrogens is 458 g/mol. The standard InChI is InChI=1S/C23H17F4N3O4/c24-14-4-1-11(2-5-14)18-19(23(25,26)27)30(18)21(33)12-3-6-15-13(9-12)10-29(22(15)34)16-7-8-17(31)28-20(16)32/h1-6,9,16,18-19H,7-8,10H2,(H,28,31,32)/t16?,18-,19?,30?/m0/s1. The molecule has 4 amide bonds. The maximum absolute atomic E-state index is 13.6. The van der Waals surface area contributed by atoms with Crippen LogP contribution in [-0.2, 0) is 16.1 Å². The van der Waals surface area contributed by atoms with E-state index in [1.54, 1.807) is 0 Å². The van der Waals surface area contributed by atoms with E-state index < -0.39 is 53.7 Å². The fourth-order valence-corrected chi connectivity index (χ4v) is 4.68. The smallest absolute Gasteiger partial charge is 0.322 e. The Labute approximate surface area is 190 Å². The van der Waals surface area contributed by atoms with Gasteiger partial charge in [-0.15, -0.1) is 0 Å². The predicted octanol–water partition coefficient (Wildman–Crippen LogP) is 2.71. The van der Waals surface area contributed by atoms with Crippen LogP contribution in [0.4, 0.5) is 17.6 Å². The number of amides is 4. The molecule has 1 N–H and O–H groups in total. The summed E-state index contributed by atoms with van der Waals surface area (Å²) in [5, 5.41) is 2.19. The maximum Gasteiger partial charge on any atom is 0.411 e. The molecule has 0 saturated carbocycles. The van der Waals surface area contributed by atoms with E-state index in [1.165, 1.54) is 35.2 Å².